The van der Waals surface area contributed by atoms with Crippen LogP contribution in [0.4, 0.5) is 5.69 Å². The SMILES string of the molecule is Cc1cc(C)c(NC(=S)N2CCn3cccc3[C@H]2C)c(Cl)c1. The molecule has 0 aliphatic carbocycles. The number of thiocarbonyl (C=S) groups is 1. The molecule has 1 atom stereocenters. The molecule has 0 saturated heterocycles. The zero-order valence-corrected chi connectivity index (χ0v) is 14.6. The van der Waals surface area contributed by atoms with E-state index in [-0.39, 0.29) is 6.04 Å². The van der Waals surface area contributed by atoms with Gasteiger partial charge < -0.3 is 14.8 Å². The first-order valence-electron chi connectivity index (χ1n) is 7.47. The third-order valence-electron chi connectivity index (χ3n) is 4.27. The van der Waals surface area contributed by atoms with Gasteiger partial charge in [0.25, 0.3) is 0 Å². The van der Waals surface area contributed by atoms with Crippen molar-refractivity contribution < 1.29 is 0 Å². The van der Waals surface area contributed by atoms with Gasteiger partial charge in [-0.1, -0.05) is 17.7 Å². The molecule has 0 bridgehead atoms. The van der Waals surface area contributed by atoms with Crippen molar-refractivity contribution in [1.29, 1.82) is 0 Å². The summed E-state index contributed by atoms with van der Waals surface area (Å²) < 4.78 is 2.29. The average Bonchev–Trinajstić information content (AvgIpc) is 2.92. The molecule has 0 radical (unpaired) electrons. The summed E-state index contributed by atoms with van der Waals surface area (Å²) in [4.78, 5) is 2.22. The van der Waals surface area contributed by atoms with Gasteiger partial charge in [-0.25, -0.2) is 0 Å². The highest BCUT2D eigenvalue weighted by molar-refractivity contribution is 7.80. The highest BCUT2D eigenvalue weighted by Gasteiger charge is 2.25. The highest BCUT2D eigenvalue weighted by atomic mass is 35.5. The van der Waals surface area contributed by atoms with Crippen molar-refractivity contribution in [2.24, 2.45) is 0 Å². The van der Waals surface area contributed by atoms with Crippen molar-refractivity contribution in [1.82, 2.24) is 9.47 Å². The summed E-state index contributed by atoms with van der Waals surface area (Å²) in [7, 11) is 0. The van der Waals surface area contributed by atoms with Crippen LogP contribution < -0.4 is 5.32 Å². The molecule has 1 aromatic carbocycles. The summed E-state index contributed by atoms with van der Waals surface area (Å²) >= 11 is 12.0. The van der Waals surface area contributed by atoms with Crippen LogP contribution in [0.5, 0.6) is 0 Å². The predicted molar refractivity (Wildman–Crippen MR) is 96.7 cm³/mol. The van der Waals surface area contributed by atoms with E-state index in [2.05, 4.69) is 53.0 Å². The minimum Gasteiger partial charge on any atom is -0.348 e. The zero-order chi connectivity index (χ0) is 15.9. The number of aryl methyl sites for hydroxylation is 2. The molecule has 0 unspecified atom stereocenters. The highest BCUT2D eigenvalue weighted by Crippen LogP contribution is 2.30. The Labute approximate surface area is 141 Å². The van der Waals surface area contributed by atoms with Crippen molar-refractivity contribution in [3.8, 4) is 0 Å². The van der Waals surface area contributed by atoms with Crippen molar-refractivity contribution in [2.45, 2.75) is 33.4 Å². The molecule has 2 heterocycles. The fourth-order valence-electron chi connectivity index (χ4n) is 3.11. The van der Waals surface area contributed by atoms with E-state index in [4.69, 9.17) is 23.8 Å². The van der Waals surface area contributed by atoms with Crippen molar-refractivity contribution in [2.75, 3.05) is 11.9 Å². The van der Waals surface area contributed by atoms with E-state index in [0.717, 1.165) is 35.0 Å². The van der Waals surface area contributed by atoms with Crippen LogP contribution in [-0.4, -0.2) is 21.1 Å². The van der Waals surface area contributed by atoms with Crippen LogP contribution in [0.15, 0.2) is 30.5 Å². The van der Waals surface area contributed by atoms with Gasteiger partial charge in [-0.15, -0.1) is 0 Å². The normalized spacial score (nSPS) is 17.3. The van der Waals surface area contributed by atoms with E-state index < -0.39 is 0 Å². The molecule has 5 heteroatoms. The minimum atomic E-state index is 0.258. The first-order valence-corrected chi connectivity index (χ1v) is 8.25. The second-order valence-corrected chi connectivity index (χ2v) is 6.66. The summed E-state index contributed by atoms with van der Waals surface area (Å²) in [5, 5.41) is 4.79. The van der Waals surface area contributed by atoms with Crippen LogP contribution in [0.3, 0.4) is 0 Å². The molecule has 1 aliphatic heterocycles. The molecule has 2 aromatic rings. The molecule has 1 aromatic heterocycles. The van der Waals surface area contributed by atoms with Gasteiger partial charge in [0.15, 0.2) is 5.11 Å². The van der Waals surface area contributed by atoms with Gasteiger partial charge in [0.2, 0.25) is 0 Å². The van der Waals surface area contributed by atoms with Crippen molar-refractivity contribution in [3.63, 3.8) is 0 Å². The second kappa shape index (κ2) is 5.94. The number of benzene rings is 1. The number of nitrogens with zero attached hydrogens (tertiary/aromatic N) is 2. The van der Waals surface area contributed by atoms with E-state index in [1.54, 1.807) is 0 Å². The maximum atomic E-state index is 6.37. The number of halogens is 1. The molecule has 0 fully saturated rings. The summed E-state index contributed by atoms with van der Waals surface area (Å²) in [5.41, 5.74) is 4.47. The minimum absolute atomic E-state index is 0.258. The molecule has 1 N–H and O–H groups in total. The Morgan fingerprint density at radius 2 is 2.09 bits per heavy atom. The molecule has 0 saturated carbocycles. The Morgan fingerprint density at radius 1 is 1.32 bits per heavy atom. The average molecular weight is 334 g/mol. The van der Waals surface area contributed by atoms with Gasteiger partial charge in [-0.3, -0.25) is 0 Å². The molecule has 1 aliphatic rings. The second-order valence-electron chi connectivity index (χ2n) is 5.86. The number of hydrogen-bond acceptors (Lipinski definition) is 1. The number of rotatable bonds is 1. The monoisotopic (exact) mass is 333 g/mol. The smallest absolute Gasteiger partial charge is 0.174 e. The van der Waals surface area contributed by atoms with E-state index in [1.807, 2.05) is 13.0 Å². The van der Waals surface area contributed by atoms with Crippen LogP contribution in [0.2, 0.25) is 5.02 Å². The van der Waals surface area contributed by atoms with Crippen LogP contribution in [0.1, 0.15) is 29.8 Å². The molecule has 22 heavy (non-hydrogen) atoms. The van der Waals surface area contributed by atoms with Crippen LogP contribution in [0, 0.1) is 13.8 Å². The Morgan fingerprint density at radius 3 is 2.82 bits per heavy atom. The van der Waals surface area contributed by atoms with Gasteiger partial charge in [-0.05, 0) is 62.3 Å². The number of hydrogen-bond donors (Lipinski definition) is 1. The van der Waals surface area contributed by atoms with Crippen LogP contribution >= 0.6 is 23.8 Å². The summed E-state index contributed by atoms with van der Waals surface area (Å²) in [6, 6.07) is 8.58. The third-order valence-corrected chi connectivity index (χ3v) is 4.90. The lowest BCUT2D eigenvalue weighted by Crippen LogP contribution is -2.42. The number of aromatic nitrogens is 1. The van der Waals surface area contributed by atoms with Gasteiger partial charge in [0, 0.05) is 25.0 Å². The lowest BCUT2D eigenvalue weighted by Gasteiger charge is -2.37. The molecule has 3 nitrogen and oxygen atoms in total. The quantitative estimate of drug-likeness (QED) is 0.774. The lowest BCUT2D eigenvalue weighted by atomic mass is 10.1. The molecule has 116 valence electrons. The third kappa shape index (κ3) is 2.73. The largest absolute Gasteiger partial charge is 0.348 e. The first-order chi connectivity index (χ1) is 10.5. The maximum absolute atomic E-state index is 6.37. The zero-order valence-electron chi connectivity index (χ0n) is 13.1. The van der Waals surface area contributed by atoms with Gasteiger partial charge in [-0.2, -0.15) is 0 Å². The van der Waals surface area contributed by atoms with Crippen molar-refractivity contribution >= 4 is 34.6 Å². The van der Waals surface area contributed by atoms with Crippen molar-refractivity contribution in [3.05, 3.63) is 52.3 Å². The number of nitrogens with one attached hydrogen (secondary N) is 1. The maximum Gasteiger partial charge on any atom is 0.174 e. The van der Waals surface area contributed by atoms with Gasteiger partial charge in [0.05, 0.1) is 16.8 Å². The standard InChI is InChI=1S/C17H20ClN3S/c1-11-9-12(2)16(14(18)10-11)19-17(22)21-8-7-20-6-4-5-15(20)13(21)3/h4-6,9-10,13H,7-8H2,1-3H3,(H,19,22)/t13-/m1/s1. The van der Waals surface area contributed by atoms with Gasteiger partial charge in [0.1, 0.15) is 0 Å². The molecule has 0 amide bonds. The van der Waals surface area contributed by atoms with Gasteiger partial charge >= 0.3 is 0 Å². The Bertz CT molecular complexity index is 699. The van der Waals surface area contributed by atoms with Crippen LogP contribution in [0.25, 0.3) is 0 Å². The Kier molecular flexibility index (Phi) is 4.15. The Hall–Kier alpha value is -1.52. The summed E-state index contributed by atoms with van der Waals surface area (Å²) in [6.45, 7) is 8.13. The van der Waals surface area contributed by atoms with E-state index >= 15 is 0 Å². The Balaban J connectivity index is 1.82. The van der Waals surface area contributed by atoms with E-state index in [1.165, 1.54) is 5.69 Å². The topological polar surface area (TPSA) is 20.2 Å². The lowest BCUT2D eigenvalue weighted by molar-refractivity contribution is 0.276. The fraction of sp³-hybridized carbons (Fsp3) is 0.353. The number of anilines is 1. The molecule has 0 spiro atoms. The number of fused-ring (bicyclic) bond motifs is 1. The molecular weight excluding hydrogens is 314 g/mol. The van der Waals surface area contributed by atoms with Crippen LogP contribution in [-0.2, 0) is 6.54 Å². The van der Waals surface area contributed by atoms with E-state index in [9.17, 15) is 0 Å². The summed E-state index contributed by atoms with van der Waals surface area (Å²) in [6.07, 6.45) is 2.13. The summed E-state index contributed by atoms with van der Waals surface area (Å²) in [5.74, 6) is 0. The molecule has 3 rings (SSSR count). The fourth-order valence-corrected chi connectivity index (χ4v) is 3.83. The predicted octanol–water partition coefficient (Wildman–Crippen LogP) is 4.53. The first kappa shape index (κ1) is 15.4. The molecular formula is C17H20ClN3S. The van der Waals surface area contributed by atoms with E-state index in [0.29, 0.717) is 5.02 Å².